The molecule has 1 aromatic heterocycles. The normalized spacial score (nSPS) is 17.9. The molecule has 1 fully saturated rings. The lowest BCUT2D eigenvalue weighted by Crippen LogP contribution is -2.39. The van der Waals surface area contributed by atoms with Gasteiger partial charge in [-0.15, -0.1) is 0 Å². The van der Waals surface area contributed by atoms with Crippen molar-refractivity contribution in [3.63, 3.8) is 0 Å². The third-order valence-corrected chi connectivity index (χ3v) is 7.36. The molecule has 1 atom stereocenters. The Bertz CT molecular complexity index is 1100. The van der Waals surface area contributed by atoms with E-state index in [0.29, 0.717) is 30.6 Å². The number of aromatic nitrogens is 2. The van der Waals surface area contributed by atoms with Crippen molar-refractivity contribution < 1.29 is 17.7 Å². The lowest BCUT2D eigenvalue weighted by molar-refractivity contribution is 0.265. The molecule has 2 aromatic carbocycles. The topological polar surface area (TPSA) is 85.5 Å². The van der Waals surface area contributed by atoms with E-state index >= 15 is 0 Å². The van der Waals surface area contributed by atoms with Gasteiger partial charge >= 0.3 is 0 Å². The van der Waals surface area contributed by atoms with Crippen LogP contribution in [0.3, 0.4) is 0 Å². The molecule has 0 N–H and O–H groups in total. The van der Waals surface area contributed by atoms with Gasteiger partial charge < -0.3 is 9.26 Å². The molecule has 9 heteroatoms. The fourth-order valence-corrected chi connectivity index (χ4v) is 5.19. The Hall–Kier alpha value is -2.23. The minimum atomic E-state index is -3.57. The Morgan fingerprint density at radius 2 is 2.00 bits per heavy atom. The number of benzene rings is 2. The third kappa shape index (κ3) is 4.22. The molecule has 1 saturated heterocycles. The van der Waals surface area contributed by atoms with Crippen LogP contribution in [0, 0.1) is 0 Å². The van der Waals surface area contributed by atoms with Gasteiger partial charge in [0.15, 0.2) is 0 Å². The van der Waals surface area contributed by atoms with E-state index in [2.05, 4.69) is 26.1 Å². The fraction of sp³-hybridized carbons (Fsp3) is 0.300. The van der Waals surface area contributed by atoms with Crippen LogP contribution in [-0.4, -0.2) is 43.1 Å². The summed E-state index contributed by atoms with van der Waals surface area (Å²) < 4.78 is 39.1. The maximum atomic E-state index is 13.0. The van der Waals surface area contributed by atoms with E-state index in [9.17, 15) is 8.42 Å². The van der Waals surface area contributed by atoms with Crippen LogP contribution in [0.4, 0.5) is 0 Å². The van der Waals surface area contributed by atoms with Crippen LogP contribution in [0.25, 0.3) is 11.4 Å². The Labute approximate surface area is 177 Å². The van der Waals surface area contributed by atoms with Gasteiger partial charge in [-0.05, 0) is 49.2 Å². The SMILES string of the molecule is COc1cccc(-c2noc([C@@H]3CCCN(S(=O)(=O)c4ccc(Br)cc4)C3)n2)c1. The summed E-state index contributed by atoms with van der Waals surface area (Å²) in [6.07, 6.45) is 1.53. The van der Waals surface area contributed by atoms with Crippen LogP contribution < -0.4 is 4.74 Å². The molecule has 29 heavy (non-hydrogen) atoms. The average molecular weight is 478 g/mol. The second-order valence-corrected chi connectivity index (χ2v) is 9.70. The van der Waals surface area contributed by atoms with Crippen LogP contribution in [0.2, 0.25) is 0 Å². The number of rotatable bonds is 5. The van der Waals surface area contributed by atoms with E-state index in [4.69, 9.17) is 9.26 Å². The van der Waals surface area contributed by atoms with E-state index in [1.165, 1.54) is 4.31 Å². The summed E-state index contributed by atoms with van der Waals surface area (Å²) in [6, 6.07) is 14.1. The first-order chi connectivity index (χ1) is 14.0. The summed E-state index contributed by atoms with van der Waals surface area (Å²) in [5.74, 6) is 1.49. The molecule has 0 radical (unpaired) electrons. The molecule has 1 aliphatic rings. The minimum absolute atomic E-state index is 0.138. The molecule has 0 saturated carbocycles. The van der Waals surface area contributed by atoms with Crippen LogP contribution in [0.5, 0.6) is 5.75 Å². The Kier molecular flexibility index (Phi) is 5.71. The standard InChI is InChI=1S/C20H20BrN3O4S/c1-27-17-6-2-4-14(12-17)19-22-20(28-23-19)15-5-3-11-24(13-15)29(25,26)18-9-7-16(21)8-10-18/h2,4,6-10,12,15H,3,5,11,13H2,1H3/t15-/m1/s1. The number of hydrogen-bond donors (Lipinski definition) is 0. The zero-order valence-electron chi connectivity index (χ0n) is 15.8. The molecule has 0 aliphatic carbocycles. The van der Waals surface area contributed by atoms with Gasteiger partial charge in [-0.25, -0.2) is 8.42 Å². The highest BCUT2D eigenvalue weighted by molar-refractivity contribution is 9.10. The number of sulfonamides is 1. The highest BCUT2D eigenvalue weighted by atomic mass is 79.9. The van der Waals surface area contributed by atoms with Crippen molar-refractivity contribution in [3.8, 4) is 17.1 Å². The van der Waals surface area contributed by atoms with Crippen molar-refractivity contribution in [2.24, 2.45) is 0 Å². The maximum absolute atomic E-state index is 13.0. The molecular weight excluding hydrogens is 458 g/mol. The quantitative estimate of drug-likeness (QED) is 0.550. The van der Waals surface area contributed by atoms with Gasteiger partial charge in [-0.3, -0.25) is 0 Å². The van der Waals surface area contributed by atoms with Gasteiger partial charge in [0, 0.05) is 23.1 Å². The zero-order chi connectivity index (χ0) is 20.4. The minimum Gasteiger partial charge on any atom is -0.497 e. The summed E-state index contributed by atoms with van der Waals surface area (Å²) in [7, 11) is -1.97. The van der Waals surface area contributed by atoms with E-state index in [0.717, 1.165) is 22.9 Å². The van der Waals surface area contributed by atoms with Crippen molar-refractivity contribution in [3.05, 3.63) is 58.9 Å². The lowest BCUT2D eigenvalue weighted by atomic mass is 10.00. The Morgan fingerprint density at radius 1 is 1.21 bits per heavy atom. The summed E-state index contributed by atoms with van der Waals surface area (Å²) in [5.41, 5.74) is 0.787. The molecule has 1 aliphatic heterocycles. The number of methoxy groups -OCH3 is 1. The van der Waals surface area contributed by atoms with E-state index < -0.39 is 10.0 Å². The Morgan fingerprint density at radius 3 is 2.76 bits per heavy atom. The van der Waals surface area contributed by atoms with Gasteiger partial charge in [-0.2, -0.15) is 9.29 Å². The number of halogens is 1. The van der Waals surface area contributed by atoms with Crippen molar-refractivity contribution in [1.82, 2.24) is 14.4 Å². The zero-order valence-corrected chi connectivity index (χ0v) is 18.2. The predicted molar refractivity (Wildman–Crippen MR) is 111 cm³/mol. The number of nitrogens with zero attached hydrogens (tertiary/aromatic N) is 3. The Balaban J connectivity index is 1.54. The first kappa shape index (κ1) is 20.1. The van der Waals surface area contributed by atoms with Crippen molar-refractivity contribution >= 4 is 26.0 Å². The summed E-state index contributed by atoms with van der Waals surface area (Å²) in [5, 5.41) is 4.08. The molecule has 0 spiro atoms. The molecule has 152 valence electrons. The number of ether oxygens (including phenoxy) is 1. The van der Waals surface area contributed by atoms with E-state index in [1.807, 2.05) is 24.3 Å². The van der Waals surface area contributed by atoms with Gasteiger partial charge in [-0.1, -0.05) is 33.2 Å². The van der Waals surface area contributed by atoms with Crippen molar-refractivity contribution in [2.45, 2.75) is 23.7 Å². The first-order valence-electron chi connectivity index (χ1n) is 9.21. The third-order valence-electron chi connectivity index (χ3n) is 4.95. The molecule has 0 amide bonds. The van der Waals surface area contributed by atoms with Gasteiger partial charge in [0.2, 0.25) is 21.7 Å². The maximum Gasteiger partial charge on any atom is 0.243 e. The highest BCUT2D eigenvalue weighted by Crippen LogP contribution is 2.31. The van der Waals surface area contributed by atoms with Crippen LogP contribution >= 0.6 is 15.9 Å². The molecule has 0 bridgehead atoms. The van der Waals surface area contributed by atoms with Gasteiger partial charge in [0.05, 0.1) is 17.9 Å². The predicted octanol–water partition coefficient (Wildman–Crippen LogP) is 4.08. The molecular formula is C20H20BrN3O4S. The summed E-state index contributed by atoms with van der Waals surface area (Å²) >= 11 is 3.33. The molecule has 4 rings (SSSR count). The van der Waals surface area contributed by atoms with Crippen LogP contribution in [-0.2, 0) is 10.0 Å². The van der Waals surface area contributed by atoms with Crippen LogP contribution in [0.1, 0.15) is 24.7 Å². The van der Waals surface area contributed by atoms with E-state index in [-0.39, 0.29) is 10.8 Å². The largest absolute Gasteiger partial charge is 0.497 e. The summed E-state index contributed by atoms with van der Waals surface area (Å²) in [4.78, 5) is 4.80. The molecule has 0 unspecified atom stereocenters. The molecule has 3 aromatic rings. The second kappa shape index (κ2) is 8.25. The summed E-state index contributed by atoms with van der Waals surface area (Å²) in [6.45, 7) is 0.796. The second-order valence-electron chi connectivity index (χ2n) is 6.84. The molecule has 7 nitrogen and oxygen atoms in total. The van der Waals surface area contributed by atoms with Crippen molar-refractivity contribution in [1.29, 1.82) is 0 Å². The van der Waals surface area contributed by atoms with Crippen molar-refractivity contribution in [2.75, 3.05) is 20.2 Å². The van der Waals surface area contributed by atoms with Gasteiger partial charge in [0.25, 0.3) is 0 Å². The first-order valence-corrected chi connectivity index (χ1v) is 11.4. The fourth-order valence-electron chi connectivity index (χ4n) is 3.40. The smallest absolute Gasteiger partial charge is 0.243 e. The number of piperidine rings is 1. The van der Waals surface area contributed by atoms with Crippen LogP contribution in [0.15, 0.2) is 62.4 Å². The molecule has 2 heterocycles. The number of hydrogen-bond acceptors (Lipinski definition) is 6. The van der Waals surface area contributed by atoms with Gasteiger partial charge in [0.1, 0.15) is 5.75 Å². The average Bonchev–Trinajstić information content (AvgIpc) is 3.25. The highest BCUT2D eigenvalue weighted by Gasteiger charge is 2.33. The van der Waals surface area contributed by atoms with E-state index in [1.54, 1.807) is 31.4 Å². The monoisotopic (exact) mass is 477 g/mol. The lowest BCUT2D eigenvalue weighted by Gasteiger charge is -2.30.